The van der Waals surface area contributed by atoms with E-state index in [1.807, 2.05) is 54.6 Å². The lowest BCUT2D eigenvalue weighted by Gasteiger charge is -2.27. The molecule has 0 aliphatic rings. The summed E-state index contributed by atoms with van der Waals surface area (Å²) in [6, 6.07) is 93.3. The molecule has 0 spiro atoms. The van der Waals surface area contributed by atoms with E-state index in [0.717, 1.165) is 62.6 Å². The summed E-state index contributed by atoms with van der Waals surface area (Å²) in [4.78, 5) is 4.60. The first-order valence-corrected chi connectivity index (χ1v) is 27.0. The van der Waals surface area contributed by atoms with Crippen LogP contribution in [0.1, 0.15) is 47.6 Å². The third-order valence-corrected chi connectivity index (χ3v) is 13.8. The molecule has 0 aliphatic heterocycles. The Morgan fingerprint density at radius 3 is 1.17 bits per heavy atom. The summed E-state index contributed by atoms with van der Waals surface area (Å²) in [7, 11) is 0. The predicted molar refractivity (Wildman–Crippen MR) is 329 cm³/mol. The van der Waals surface area contributed by atoms with Crippen LogP contribution in [0.3, 0.4) is 0 Å². The second-order valence-electron chi connectivity index (χ2n) is 18.9. The second-order valence-corrected chi connectivity index (χ2v) is 19.5. The number of para-hydroxylation sites is 2. The van der Waals surface area contributed by atoms with Crippen LogP contribution in [-0.2, 0) is 11.5 Å². The molecule has 5 nitrogen and oxygen atoms in total. The van der Waals surface area contributed by atoms with Gasteiger partial charge in [-0.2, -0.15) is 25.3 Å². The SMILES string of the molecule is Cc1ccc(-c2nnc(-c3ccc(C(C)C)cc3)n2-c2ccccc2)cc1.Cc1cccc(N(c2ccc(-c3ccc(N(c4ccccc4)c4cccc(CS)c4)cc3)cc2)c2cccc(CS)c2)c1.c1ccccc1. The summed E-state index contributed by atoms with van der Waals surface area (Å²) < 4.78 is 2.13. The molecule has 376 valence electrons. The molecule has 1 heterocycles. The number of aryl methyl sites for hydroxylation is 2. The number of nitrogens with zero attached hydrogens (tertiary/aromatic N) is 5. The van der Waals surface area contributed by atoms with Gasteiger partial charge in [0.15, 0.2) is 11.6 Å². The smallest absolute Gasteiger partial charge is 0.168 e. The molecular formula is C69H63N5S2. The van der Waals surface area contributed by atoms with Gasteiger partial charge in [0.2, 0.25) is 0 Å². The zero-order valence-corrected chi connectivity index (χ0v) is 45.3. The zero-order valence-electron chi connectivity index (χ0n) is 43.5. The monoisotopic (exact) mass is 1030 g/mol. The molecule has 0 unspecified atom stereocenters. The van der Waals surface area contributed by atoms with Gasteiger partial charge in [-0.05, 0) is 138 Å². The number of anilines is 6. The van der Waals surface area contributed by atoms with Crippen LogP contribution in [0.5, 0.6) is 0 Å². The van der Waals surface area contributed by atoms with Crippen LogP contribution in [0.4, 0.5) is 34.1 Å². The van der Waals surface area contributed by atoms with E-state index in [1.54, 1.807) is 0 Å². The van der Waals surface area contributed by atoms with Crippen molar-refractivity contribution in [2.75, 3.05) is 9.80 Å². The van der Waals surface area contributed by atoms with Gasteiger partial charge in [0, 0.05) is 62.4 Å². The Balaban J connectivity index is 0.000000181. The molecule has 0 atom stereocenters. The summed E-state index contributed by atoms with van der Waals surface area (Å²) in [6.07, 6.45) is 0. The lowest BCUT2D eigenvalue weighted by atomic mass is 10.0. The maximum absolute atomic E-state index is 4.55. The third-order valence-electron chi connectivity index (χ3n) is 13.1. The summed E-state index contributed by atoms with van der Waals surface area (Å²) in [5, 5.41) is 9.09. The molecule has 76 heavy (non-hydrogen) atoms. The minimum absolute atomic E-state index is 0.508. The highest BCUT2D eigenvalue weighted by atomic mass is 32.1. The lowest BCUT2D eigenvalue weighted by Crippen LogP contribution is -2.10. The van der Waals surface area contributed by atoms with Gasteiger partial charge >= 0.3 is 0 Å². The Bertz CT molecular complexity index is 3500. The van der Waals surface area contributed by atoms with Crippen molar-refractivity contribution in [3.8, 4) is 39.6 Å². The molecule has 0 saturated heterocycles. The molecule has 7 heteroatoms. The Labute approximate surface area is 460 Å². The lowest BCUT2D eigenvalue weighted by molar-refractivity contribution is 0.866. The molecule has 10 aromatic carbocycles. The normalized spacial score (nSPS) is 10.7. The van der Waals surface area contributed by atoms with Crippen molar-refractivity contribution >= 4 is 59.4 Å². The van der Waals surface area contributed by atoms with Crippen molar-refractivity contribution in [3.63, 3.8) is 0 Å². The van der Waals surface area contributed by atoms with Crippen molar-refractivity contribution in [2.24, 2.45) is 0 Å². The fourth-order valence-corrected chi connectivity index (χ4v) is 9.41. The Hall–Kier alpha value is -8.36. The second kappa shape index (κ2) is 25.7. The summed E-state index contributed by atoms with van der Waals surface area (Å²) >= 11 is 9.02. The fraction of sp³-hybridized carbons (Fsp3) is 0.101. The quantitative estimate of drug-likeness (QED) is 0.113. The van der Waals surface area contributed by atoms with Crippen LogP contribution in [0.15, 0.2) is 267 Å². The number of thiol groups is 2. The van der Waals surface area contributed by atoms with Gasteiger partial charge in [0.25, 0.3) is 0 Å². The highest BCUT2D eigenvalue weighted by Gasteiger charge is 2.19. The Kier molecular flexibility index (Phi) is 17.8. The van der Waals surface area contributed by atoms with E-state index < -0.39 is 0 Å². The summed E-state index contributed by atoms with van der Waals surface area (Å²) in [5.41, 5.74) is 18.4. The van der Waals surface area contributed by atoms with Crippen molar-refractivity contribution in [1.29, 1.82) is 0 Å². The van der Waals surface area contributed by atoms with Crippen molar-refractivity contribution in [3.05, 3.63) is 295 Å². The van der Waals surface area contributed by atoms with E-state index in [0.29, 0.717) is 17.4 Å². The van der Waals surface area contributed by atoms with Crippen LogP contribution in [0.25, 0.3) is 39.6 Å². The molecular weight excluding hydrogens is 963 g/mol. The van der Waals surface area contributed by atoms with Gasteiger partial charge in [-0.1, -0.05) is 201 Å². The van der Waals surface area contributed by atoms with Gasteiger partial charge < -0.3 is 9.80 Å². The van der Waals surface area contributed by atoms with Crippen molar-refractivity contribution in [1.82, 2.24) is 14.8 Å². The first kappa shape index (κ1) is 52.5. The average Bonchev–Trinajstić information content (AvgIpc) is 3.96. The largest absolute Gasteiger partial charge is 0.310 e. The predicted octanol–water partition coefficient (Wildman–Crippen LogP) is 19.2. The minimum Gasteiger partial charge on any atom is -0.310 e. The minimum atomic E-state index is 0.508. The maximum Gasteiger partial charge on any atom is 0.168 e. The molecule has 0 amide bonds. The first-order chi connectivity index (χ1) is 37.3. The van der Waals surface area contributed by atoms with Gasteiger partial charge in [0.05, 0.1) is 0 Å². The third kappa shape index (κ3) is 13.1. The van der Waals surface area contributed by atoms with Gasteiger partial charge in [-0.15, -0.1) is 10.2 Å². The fourth-order valence-electron chi connectivity index (χ4n) is 9.02. The number of hydrogen-bond acceptors (Lipinski definition) is 6. The first-order valence-electron chi connectivity index (χ1n) is 25.8. The van der Waals surface area contributed by atoms with Crippen LogP contribution in [0, 0.1) is 13.8 Å². The van der Waals surface area contributed by atoms with Gasteiger partial charge in [-0.25, -0.2) is 0 Å². The van der Waals surface area contributed by atoms with E-state index in [-0.39, 0.29) is 0 Å². The number of aromatic nitrogens is 3. The number of rotatable bonds is 13. The summed E-state index contributed by atoms with van der Waals surface area (Å²) in [5.74, 6) is 3.62. The molecule has 0 N–H and O–H groups in total. The van der Waals surface area contributed by atoms with Crippen LogP contribution in [0.2, 0.25) is 0 Å². The van der Waals surface area contributed by atoms with Gasteiger partial charge in [0.1, 0.15) is 0 Å². The molecule has 1 aromatic heterocycles. The molecule has 11 aromatic rings. The van der Waals surface area contributed by atoms with Crippen LogP contribution < -0.4 is 9.80 Å². The highest BCUT2D eigenvalue weighted by molar-refractivity contribution is 7.79. The molecule has 0 fully saturated rings. The number of hydrogen-bond donors (Lipinski definition) is 2. The molecule has 11 rings (SSSR count). The molecule has 0 aliphatic carbocycles. The number of benzene rings is 10. The zero-order chi connectivity index (χ0) is 52.6. The average molecular weight is 1030 g/mol. The molecule has 0 saturated carbocycles. The molecule has 0 radical (unpaired) electrons. The van der Waals surface area contributed by atoms with Crippen LogP contribution >= 0.6 is 25.3 Å². The van der Waals surface area contributed by atoms with E-state index in [2.05, 4.69) is 290 Å². The maximum atomic E-state index is 4.55. The molecule has 0 bridgehead atoms. The highest BCUT2D eigenvalue weighted by Crippen LogP contribution is 2.39. The van der Waals surface area contributed by atoms with Crippen LogP contribution in [-0.4, -0.2) is 14.8 Å². The van der Waals surface area contributed by atoms with E-state index in [1.165, 1.54) is 38.9 Å². The van der Waals surface area contributed by atoms with E-state index >= 15 is 0 Å². The Morgan fingerprint density at radius 1 is 0.355 bits per heavy atom. The van der Waals surface area contributed by atoms with E-state index in [9.17, 15) is 0 Å². The Morgan fingerprint density at radius 2 is 0.724 bits per heavy atom. The van der Waals surface area contributed by atoms with Gasteiger partial charge in [-0.3, -0.25) is 4.57 Å². The topological polar surface area (TPSA) is 37.2 Å². The summed E-state index contributed by atoms with van der Waals surface area (Å²) in [6.45, 7) is 8.63. The van der Waals surface area contributed by atoms with E-state index in [4.69, 9.17) is 0 Å². The van der Waals surface area contributed by atoms with Crippen molar-refractivity contribution < 1.29 is 0 Å². The van der Waals surface area contributed by atoms with Crippen molar-refractivity contribution in [2.45, 2.75) is 45.1 Å². The standard InChI is InChI=1S/C39H34N2S2.C24H23N3.C6H6/c1-29-8-5-13-37(24-29)41(39-15-7-10-31(26-39)28-43)36-22-18-33(19-23-36)32-16-20-35(21-17-32)40(34-11-3-2-4-12-34)38-14-6-9-30(25-38)27-42;1-17(2)19-13-15-21(16-14-19)24-26-25-23(20-11-9-18(3)10-12-20)27(24)22-7-5-4-6-8-22;1-2-4-6-5-3-1/h2-26,42-43H,27-28H2,1H3;4-17H,1-3H3;1-6H.